The molecule has 4 nitrogen and oxygen atoms in total. The zero-order valence-electron chi connectivity index (χ0n) is 13.0. The first kappa shape index (κ1) is 15.6. The van der Waals surface area contributed by atoms with E-state index in [4.69, 9.17) is 0 Å². The molecule has 1 N–H and O–H groups in total. The molecular weight excluding hydrogens is 268 g/mol. The predicted octanol–water partition coefficient (Wildman–Crippen LogP) is 2.55. The first-order valence-electron chi connectivity index (χ1n) is 7.48. The van der Waals surface area contributed by atoms with Crippen LogP contribution in [0.25, 0.3) is 0 Å². The van der Waals surface area contributed by atoms with Crippen LogP contribution in [0.1, 0.15) is 33.3 Å². The van der Waals surface area contributed by atoms with Crippen LogP contribution in [0.5, 0.6) is 0 Å². The molecule has 1 aliphatic rings. The summed E-state index contributed by atoms with van der Waals surface area (Å²) in [7, 11) is 0. The summed E-state index contributed by atoms with van der Waals surface area (Å²) >= 11 is 2.03. The van der Waals surface area contributed by atoms with E-state index >= 15 is 0 Å². The fourth-order valence-electron chi connectivity index (χ4n) is 2.31. The van der Waals surface area contributed by atoms with Gasteiger partial charge >= 0.3 is 0 Å². The molecule has 5 heteroatoms. The summed E-state index contributed by atoms with van der Waals surface area (Å²) in [5, 5.41) is 4.06. The first-order chi connectivity index (χ1) is 9.58. The summed E-state index contributed by atoms with van der Waals surface area (Å²) < 4.78 is 0. The monoisotopic (exact) mass is 294 g/mol. The zero-order chi connectivity index (χ0) is 14.5. The van der Waals surface area contributed by atoms with Gasteiger partial charge in [-0.3, -0.25) is 0 Å². The van der Waals surface area contributed by atoms with Gasteiger partial charge in [0, 0.05) is 48.1 Å². The Morgan fingerprint density at radius 1 is 1.35 bits per heavy atom. The maximum absolute atomic E-state index is 4.55. The summed E-state index contributed by atoms with van der Waals surface area (Å²) in [6.07, 6.45) is 3.91. The Hall–Kier alpha value is -0.810. The van der Waals surface area contributed by atoms with E-state index in [1.807, 2.05) is 24.2 Å². The van der Waals surface area contributed by atoms with Gasteiger partial charge in [-0.1, -0.05) is 20.8 Å². The molecular formula is C15H26N4S. The quantitative estimate of drug-likeness (QED) is 0.904. The third kappa shape index (κ3) is 4.09. The summed E-state index contributed by atoms with van der Waals surface area (Å²) in [5.41, 5.74) is 1.15. The van der Waals surface area contributed by atoms with Crippen molar-refractivity contribution in [3.8, 4) is 0 Å². The van der Waals surface area contributed by atoms with Crippen LogP contribution < -0.4 is 10.2 Å². The molecule has 112 valence electrons. The molecule has 1 aliphatic heterocycles. The van der Waals surface area contributed by atoms with Crippen LogP contribution in [0.2, 0.25) is 0 Å². The maximum atomic E-state index is 4.55. The van der Waals surface area contributed by atoms with Gasteiger partial charge in [-0.15, -0.1) is 0 Å². The number of aromatic nitrogens is 2. The van der Waals surface area contributed by atoms with Gasteiger partial charge in [0.25, 0.3) is 0 Å². The van der Waals surface area contributed by atoms with Crippen molar-refractivity contribution in [1.29, 1.82) is 0 Å². The highest BCUT2D eigenvalue weighted by Crippen LogP contribution is 2.26. The fraction of sp³-hybridized carbons (Fsp3) is 0.733. The lowest BCUT2D eigenvalue weighted by molar-refractivity contribution is 0.550. The molecule has 20 heavy (non-hydrogen) atoms. The van der Waals surface area contributed by atoms with E-state index in [1.165, 1.54) is 0 Å². The van der Waals surface area contributed by atoms with E-state index < -0.39 is 0 Å². The lowest BCUT2D eigenvalue weighted by Crippen LogP contribution is -2.45. The van der Waals surface area contributed by atoms with E-state index in [9.17, 15) is 0 Å². The lowest BCUT2D eigenvalue weighted by atomic mass is 10.2. The van der Waals surface area contributed by atoms with Gasteiger partial charge in [0.2, 0.25) is 5.95 Å². The van der Waals surface area contributed by atoms with Gasteiger partial charge in [0.05, 0.1) is 0 Å². The summed E-state index contributed by atoms with van der Waals surface area (Å²) in [6, 6.07) is 0.499. The number of rotatable bonds is 5. The molecule has 1 aromatic heterocycles. The van der Waals surface area contributed by atoms with Crippen molar-refractivity contribution in [2.75, 3.05) is 23.7 Å². The molecule has 0 saturated carbocycles. The Balaban J connectivity index is 1.93. The molecule has 2 rings (SSSR count). The van der Waals surface area contributed by atoms with Crippen molar-refractivity contribution in [2.24, 2.45) is 5.92 Å². The lowest BCUT2D eigenvalue weighted by Gasteiger charge is -2.37. The molecule has 0 spiro atoms. The second-order valence-electron chi connectivity index (χ2n) is 5.93. The smallest absolute Gasteiger partial charge is 0.225 e. The van der Waals surface area contributed by atoms with Crippen LogP contribution in [0.15, 0.2) is 12.4 Å². The van der Waals surface area contributed by atoms with Gasteiger partial charge in [-0.05, 0) is 19.4 Å². The largest absolute Gasteiger partial charge is 0.336 e. The normalized spacial score (nSPS) is 23.4. The first-order valence-corrected chi connectivity index (χ1v) is 8.52. The van der Waals surface area contributed by atoms with Crippen molar-refractivity contribution in [3.05, 3.63) is 18.0 Å². The van der Waals surface area contributed by atoms with Crippen LogP contribution in [0.3, 0.4) is 0 Å². The number of nitrogens with one attached hydrogen (secondary N) is 1. The third-order valence-electron chi connectivity index (χ3n) is 3.71. The Labute approximate surface area is 126 Å². The van der Waals surface area contributed by atoms with Gasteiger partial charge in [-0.2, -0.15) is 11.8 Å². The average Bonchev–Trinajstić information content (AvgIpc) is 2.42. The highest BCUT2D eigenvalue weighted by atomic mass is 32.2. The Kier molecular flexibility index (Phi) is 5.66. The van der Waals surface area contributed by atoms with E-state index in [1.54, 1.807) is 0 Å². The molecule has 0 aromatic carbocycles. The summed E-state index contributed by atoms with van der Waals surface area (Å²) in [6.45, 7) is 11.9. The SMILES string of the molecule is CC(C)CNCc1cnc(N2CCSC(C)C2C)nc1. The highest BCUT2D eigenvalue weighted by Gasteiger charge is 2.26. The Morgan fingerprint density at radius 2 is 2.05 bits per heavy atom. The van der Waals surface area contributed by atoms with Crippen LogP contribution in [0, 0.1) is 5.92 Å². The maximum Gasteiger partial charge on any atom is 0.225 e. The third-order valence-corrected chi connectivity index (χ3v) is 5.05. The minimum Gasteiger partial charge on any atom is -0.336 e. The molecule has 0 bridgehead atoms. The number of nitrogens with zero attached hydrogens (tertiary/aromatic N) is 3. The van der Waals surface area contributed by atoms with Crippen molar-refractivity contribution < 1.29 is 0 Å². The fourth-order valence-corrected chi connectivity index (χ4v) is 3.41. The molecule has 0 amide bonds. The molecule has 2 atom stereocenters. The summed E-state index contributed by atoms with van der Waals surface area (Å²) in [4.78, 5) is 11.4. The molecule has 1 saturated heterocycles. The van der Waals surface area contributed by atoms with E-state index in [-0.39, 0.29) is 0 Å². The highest BCUT2D eigenvalue weighted by molar-refractivity contribution is 8.00. The Bertz CT molecular complexity index is 407. The molecule has 0 aliphatic carbocycles. The molecule has 0 radical (unpaired) electrons. The number of hydrogen-bond donors (Lipinski definition) is 1. The van der Waals surface area contributed by atoms with Gasteiger partial charge in [0.1, 0.15) is 0 Å². The minimum atomic E-state index is 0.499. The molecule has 2 heterocycles. The van der Waals surface area contributed by atoms with E-state index in [0.29, 0.717) is 17.2 Å². The molecule has 1 fully saturated rings. The van der Waals surface area contributed by atoms with Crippen molar-refractivity contribution in [3.63, 3.8) is 0 Å². The topological polar surface area (TPSA) is 41.1 Å². The number of anilines is 1. The van der Waals surface area contributed by atoms with Gasteiger partial charge in [0.15, 0.2) is 0 Å². The molecule has 2 unspecified atom stereocenters. The zero-order valence-corrected chi connectivity index (χ0v) is 13.8. The van der Waals surface area contributed by atoms with Gasteiger partial charge in [-0.25, -0.2) is 9.97 Å². The van der Waals surface area contributed by atoms with E-state index in [2.05, 4.69) is 47.9 Å². The Morgan fingerprint density at radius 3 is 2.70 bits per heavy atom. The van der Waals surface area contributed by atoms with Gasteiger partial charge < -0.3 is 10.2 Å². The standard InChI is InChI=1S/C15H26N4S/c1-11(2)7-16-8-14-9-17-15(18-10-14)19-5-6-20-13(4)12(19)3/h9-13,16H,5-8H2,1-4H3. The average molecular weight is 294 g/mol. The van der Waals surface area contributed by atoms with Crippen LogP contribution in [-0.4, -0.2) is 40.1 Å². The second kappa shape index (κ2) is 7.27. The minimum absolute atomic E-state index is 0.499. The predicted molar refractivity (Wildman–Crippen MR) is 87.3 cm³/mol. The van der Waals surface area contributed by atoms with Crippen LogP contribution in [-0.2, 0) is 6.54 Å². The number of thioether (sulfide) groups is 1. The van der Waals surface area contributed by atoms with Crippen LogP contribution >= 0.6 is 11.8 Å². The second-order valence-corrected chi connectivity index (χ2v) is 7.41. The number of hydrogen-bond acceptors (Lipinski definition) is 5. The molecule has 1 aromatic rings. The van der Waals surface area contributed by atoms with Crippen molar-refractivity contribution in [1.82, 2.24) is 15.3 Å². The van der Waals surface area contributed by atoms with Crippen LogP contribution in [0.4, 0.5) is 5.95 Å². The van der Waals surface area contributed by atoms with E-state index in [0.717, 1.165) is 36.9 Å². The van der Waals surface area contributed by atoms with Crippen molar-refractivity contribution in [2.45, 2.75) is 45.5 Å². The summed E-state index contributed by atoms with van der Waals surface area (Å²) in [5.74, 6) is 2.70. The van der Waals surface area contributed by atoms with Crippen molar-refractivity contribution >= 4 is 17.7 Å².